The first-order valence-electron chi connectivity index (χ1n) is 6.90. The first kappa shape index (κ1) is 14.6. The van der Waals surface area contributed by atoms with E-state index in [1.54, 1.807) is 0 Å². The van der Waals surface area contributed by atoms with Crippen LogP contribution in [0, 0.1) is 0 Å². The lowest BCUT2D eigenvalue weighted by Crippen LogP contribution is -2.04. The van der Waals surface area contributed by atoms with Crippen LogP contribution in [-0.2, 0) is 19.4 Å². The van der Waals surface area contributed by atoms with Crippen LogP contribution in [0.4, 0.5) is 0 Å². The zero-order valence-electron chi connectivity index (χ0n) is 11.4. The zero-order chi connectivity index (χ0) is 12.7. The maximum absolute atomic E-state index is 6.23. The van der Waals surface area contributed by atoms with Gasteiger partial charge >= 0.3 is 0 Å². The first-order chi connectivity index (χ1) is 8.21. The van der Waals surface area contributed by atoms with E-state index >= 15 is 0 Å². The molecule has 1 heterocycles. The number of hydrogen-bond acceptors (Lipinski definition) is 1. The van der Waals surface area contributed by atoms with Crippen LogP contribution in [0.5, 0.6) is 0 Å². The summed E-state index contributed by atoms with van der Waals surface area (Å²) in [5.41, 5.74) is 2.57. The van der Waals surface area contributed by atoms with E-state index in [0.717, 1.165) is 32.2 Å². The Balaban J connectivity index is 2.42. The minimum atomic E-state index is 0.351. The topological polar surface area (TPSA) is 17.8 Å². The Morgan fingerprint density at radius 1 is 1.29 bits per heavy atom. The molecular weight excluding hydrogens is 232 g/mol. The van der Waals surface area contributed by atoms with Gasteiger partial charge in [0, 0.05) is 17.6 Å². The molecular formula is C14H25ClN2. The van der Waals surface area contributed by atoms with E-state index in [4.69, 9.17) is 11.6 Å². The second-order valence-electron chi connectivity index (χ2n) is 4.57. The van der Waals surface area contributed by atoms with Crippen LogP contribution in [0.3, 0.4) is 0 Å². The molecule has 0 aliphatic carbocycles. The predicted octanol–water partition coefficient (Wildman–Crippen LogP) is 4.20. The van der Waals surface area contributed by atoms with Crippen molar-refractivity contribution in [2.45, 2.75) is 71.2 Å². The Hall–Kier alpha value is -0.500. The molecule has 2 nitrogen and oxygen atoms in total. The molecule has 17 heavy (non-hydrogen) atoms. The summed E-state index contributed by atoms with van der Waals surface area (Å²) in [6.45, 7) is 7.46. The molecule has 1 unspecified atom stereocenters. The van der Waals surface area contributed by atoms with E-state index < -0.39 is 0 Å². The summed E-state index contributed by atoms with van der Waals surface area (Å²) >= 11 is 6.23. The molecule has 98 valence electrons. The minimum Gasteiger partial charge on any atom is -0.270 e. The Bertz CT molecular complexity index is 320. The third-order valence-electron chi connectivity index (χ3n) is 3.13. The molecule has 0 aliphatic rings. The fraction of sp³-hybridized carbons (Fsp3) is 0.786. The summed E-state index contributed by atoms with van der Waals surface area (Å²) in [6.07, 6.45) is 6.73. The number of nitrogens with zero attached hydrogens (tertiary/aromatic N) is 2. The van der Waals surface area contributed by atoms with Gasteiger partial charge in [0.15, 0.2) is 0 Å². The van der Waals surface area contributed by atoms with Crippen LogP contribution in [-0.4, -0.2) is 15.2 Å². The van der Waals surface area contributed by atoms with Crippen molar-refractivity contribution in [2.75, 3.05) is 0 Å². The summed E-state index contributed by atoms with van der Waals surface area (Å²) in [5.74, 6) is 0. The van der Waals surface area contributed by atoms with Crippen LogP contribution < -0.4 is 0 Å². The van der Waals surface area contributed by atoms with Gasteiger partial charge in [0.2, 0.25) is 0 Å². The van der Waals surface area contributed by atoms with Crippen LogP contribution in [0.2, 0.25) is 0 Å². The number of aromatic nitrogens is 2. The highest BCUT2D eigenvalue weighted by Gasteiger charge is 2.07. The third kappa shape index (κ3) is 4.71. The van der Waals surface area contributed by atoms with Gasteiger partial charge < -0.3 is 0 Å². The minimum absolute atomic E-state index is 0.351. The number of halogens is 1. The van der Waals surface area contributed by atoms with Crippen molar-refractivity contribution in [3.05, 3.63) is 17.5 Å². The van der Waals surface area contributed by atoms with Crippen molar-refractivity contribution in [2.24, 2.45) is 0 Å². The monoisotopic (exact) mass is 256 g/mol. The van der Waals surface area contributed by atoms with Gasteiger partial charge in [-0.1, -0.05) is 20.3 Å². The van der Waals surface area contributed by atoms with Crippen molar-refractivity contribution >= 4 is 11.6 Å². The summed E-state index contributed by atoms with van der Waals surface area (Å²) < 4.78 is 2.13. The van der Waals surface area contributed by atoms with Gasteiger partial charge in [-0.05, 0) is 45.1 Å². The highest BCUT2D eigenvalue weighted by Crippen LogP contribution is 2.15. The number of hydrogen-bond donors (Lipinski definition) is 0. The molecule has 0 N–H and O–H groups in total. The van der Waals surface area contributed by atoms with Crippen molar-refractivity contribution < 1.29 is 0 Å². The molecule has 0 aliphatic heterocycles. The SMILES string of the molecule is CCCC(Cl)CCCc1cc(CC)nn1CC. The van der Waals surface area contributed by atoms with Gasteiger partial charge in [-0.15, -0.1) is 11.6 Å². The lowest BCUT2D eigenvalue weighted by atomic mass is 10.1. The molecule has 1 aromatic heterocycles. The first-order valence-corrected chi connectivity index (χ1v) is 7.34. The van der Waals surface area contributed by atoms with Crippen molar-refractivity contribution in [1.29, 1.82) is 0 Å². The highest BCUT2D eigenvalue weighted by atomic mass is 35.5. The summed E-state index contributed by atoms with van der Waals surface area (Å²) in [4.78, 5) is 0. The molecule has 0 radical (unpaired) electrons. The van der Waals surface area contributed by atoms with Crippen LogP contribution in [0.1, 0.15) is 57.8 Å². The molecule has 0 aromatic carbocycles. The molecule has 0 fully saturated rings. The lowest BCUT2D eigenvalue weighted by molar-refractivity contribution is 0.582. The summed E-state index contributed by atoms with van der Waals surface area (Å²) in [6, 6.07) is 2.24. The van der Waals surface area contributed by atoms with E-state index in [1.165, 1.54) is 24.2 Å². The van der Waals surface area contributed by atoms with Crippen LogP contribution in [0.15, 0.2) is 6.07 Å². The average Bonchev–Trinajstić information content (AvgIpc) is 2.72. The number of rotatable bonds is 8. The maximum Gasteiger partial charge on any atom is 0.0624 e. The average molecular weight is 257 g/mol. The quantitative estimate of drug-likeness (QED) is 0.638. The fourth-order valence-corrected chi connectivity index (χ4v) is 2.50. The maximum atomic E-state index is 6.23. The largest absolute Gasteiger partial charge is 0.270 e. The summed E-state index contributed by atoms with van der Waals surface area (Å²) in [5, 5.41) is 4.92. The van der Waals surface area contributed by atoms with Gasteiger partial charge in [0.25, 0.3) is 0 Å². The molecule has 0 amide bonds. The Morgan fingerprint density at radius 3 is 2.65 bits per heavy atom. The molecule has 3 heteroatoms. The highest BCUT2D eigenvalue weighted by molar-refractivity contribution is 6.20. The molecule has 0 bridgehead atoms. The third-order valence-corrected chi connectivity index (χ3v) is 3.56. The standard InChI is InChI=1S/C14H25ClN2/c1-4-8-12(15)9-7-10-14-11-13(5-2)16-17(14)6-3/h11-12H,4-10H2,1-3H3. The lowest BCUT2D eigenvalue weighted by Gasteiger charge is -2.08. The van der Waals surface area contributed by atoms with Gasteiger partial charge in [-0.3, -0.25) is 4.68 Å². The summed E-state index contributed by atoms with van der Waals surface area (Å²) in [7, 11) is 0. The van der Waals surface area contributed by atoms with Gasteiger partial charge in [0.1, 0.15) is 0 Å². The van der Waals surface area contributed by atoms with Crippen molar-refractivity contribution in [3.8, 4) is 0 Å². The normalized spacial score (nSPS) is 12.9. The Morgan fingerprint density at radius 2 is 2.06 bits per heavy atom. The Labute approximate surface area is 110 Å². The van der Waals surface area contributed by atoms with Crippen molar-refractivity contribution in [3.63, 3.8) is 0 Å². The Kier molecular flexibility index (Phi) is 6.64. The van der Waals surface area contributed by atoms with Gasteiger partial charge in [0.05, 0.1) is 5.69 Å². The van der Waals surface area contributed by atoms with Gasteiger partial charge in [-0.2, -0.15) is 5.10 Å². The zero-order valence-corrected chi connectivity index (χ0v) is 12.1. The van der Waals surface area contributed by atoms with E-state index in [9.17, 15) is 0 Å². The van der Waals surface area contributed by atoms with Gasteiger partial charge in [-0.25, -0.2) is 0 Å². The van der Waals surface area contributed by atoms with E-state index in [-0.39, 0.29) is 0 Å². The molecule has 1 aromatic rings. The molecule has 0 spiro atoms. The van der Waals surface area contributed by atoms with E-state index in [0.29, 0.717) is 5.38 Å². The molecule has 0 saturated carbocycles. The predicted molar refractivity (Wildman–Crippen MR) is 74.8 cm³/mol. The molecule has 1 rings (SSSR count). The molecule has 1 atom stereocenters. The van der Waals surface area contributed by atoms with Crippen LogP contribution >= 0.6 is 11.6 Å². The van der Waals surface area contributed by atoms with Crippen molar-refractivity contribution in [1.82, 2.24) is 9.78 Å². The fourth-order valence-electron chi connectivity index (χ4n) is 2.13. The van der Waals surface area contributed by atoms with E-state index in [2.05, 4.69) is 36.6 Å². The number of aryl methyl sites for hydroxylation is 3. The smallest absolute Gasteiger partial charge is 0.0624 e. The van der Waals surface area contributed by atoms with Crippen LogP contribution in [0.25, 0.3) is 0 Å². The molecule has 0 saturated heterocycles. The second kappa shape index (κ2) is 7.75. The number of alkyl halides is 1. The second-order valence-corrected chi connectivity index (χ2v) is 5.19. The van der Waals surface area contributed by atoms with E-state index in [1.807, 2.05) is 0 Å².